The quantitative estimate of drug-likeness (QED) is 0.447. The lowest BCUT2D eigenvalue weighted by atomic mass is 10.1. The highest BCUT2D eigenvalue weighted by Crippen LogP contribution is 2.24. The minimum Gasteiger partial charge on any atom is -0.355 e. The van der Waals surface area contributed by atoms with E-state index in [9.17, 15) is 4.79 Å². The molecule has 0 spiro atoms. The molecule has 2 N–H and O–H groups in total. The summed E-state index contributed by atoms with van der Waals surface area (Å²) in [4.78, 5) is 20.1. The van der Waals surface area contributed by atoms with E-state index in [1.54, 1.807) is 0 Å². The van der Waals surface area contributed by atoms with Crippen molar-refractivity contribution in [1.82, 2.24) is 30.0 Å². The summed E-state index contributed by atoms with van der Waals surface area (Å²) < 4.78 is 2.01. The number of carbonyl (C=O) groups excluding carboxylic acids is 1. The molecule has 0 aliphatic rings. The minimum atomic E-state index is -0.0377. The SMILES string of the molecule is Cc1ccc(C)c(-n2c(C)nnc2SCC(=O)NCCc2nc3ccccc3[nH]2)c1. The van der Waals surface area contributed by atoms with Gasteiger partial charge in [0.15, 0.2) is 5.16 Å². The first-order valence-corrected chi connectivity index (χ1v) is 10.8. The van der Waals surface area contributed by atoms with E-state index < -0.39 is 0 Å². The van der Waals surface area contributed by atoms with Crippen LogP contribution in [0.5, 0.6) is 0 Å². The van der Waals surface area contributed by atoms with Gasteiger partial charge in [0.25, 0.3) is 0 Å². The molecule has 0 aliphatic carbocycles. The van der Waals surface area contributed by atoms with Crippen molar-refractivity contribution in [2.45, 2.75) is 32.3 Å². The number of hydrogen-bond acceptors (Lipinski definition) is 5. The molecule has 0 aliphatic heterocycles. The monoisotopic (exact) mass is 420 g/mol. The zero-order chi connectivity index (χ0) is 21.1. The molecule has 0 saturated carbocycles. The van der Waals surface area contributed by atoms with Crippen LogP contribution in [-0.2, 0) is 11.2 Å². The van der Waals surface area contributed by atoms with Crippen molar-refractivity contribution in [3.8, 4) is 5.69 Å². The molecule has 8 heteroatoms. The van der Waals surface area contributed by atoms with Crippen LogP contribution < -0.4 is 5.32 Å². The summed E-state index contributed by atoms with van der Waals surface area (Å²) in [7, 11) is 0. The Hall–Kier alpha value is -3.13. The van der Waals surface area contributed by atoms with Gasteiger partial charge in [-0.05, 0) is 50.1 Å². The van der Waals surface area contributed by atoms with Gasteiger partial charge in [-0.1, -0.05) is 36.0 Å². The van der Waals surface area contributed by atoms with Crippen molar-refractivity contribution in [3.63, 3.8) is 0 Å². The maximum Gasteiger partial charge on any atom is 0.230 e. The van der Waals surface area contributed by atoms with Gasteiger partial charge in [-0.3, -0.25) is 9.36 Å². The number of imidazole rings is 1. The number of rotatable bonds is 7. The molecule has 0 fully saturated rings. The molecule has 2 aromatic carbocycles. The zero-order valence-corrected chi connectivity index (χ0v) is 18.1. The van der Waals surface area contributed by atoms with Crippen molar-refractivity contribution in [1.29, 1.82) is 0 Å². The number of nitrogens with zero attached hydrogens (tertiary/aromatic N) is 4. The van der Waals surface area contributed by atoms with E-state index in [4.69, 9.17) is 0 Å². The van der Waals surface area contributed by atoms with Crippen LogP contribution in [0.3, 0.4) is 0 Å². The van der Waals surface area contributed by atoms with Crippen molar-refractivity contribution in [3.05, 3.63) is 65.2 Å². The van der Waals surface area contributed by atoms with Crippen molar-refractivity contribution in [2.24, 2.45) is 0 Å². The van der Waals surface area contributed by atoms with Crippen LogP contribution >= 0.6 is 11.8 Å². The van der Waals surface area contributed by atoms with Crippen LogP contribution in [0.15, 0.2) is 47.6 Å². The third kappa shape index (κ3) is 4.38. The Morgan fingerprint density at radius 2 is 1.97 bits per heavy atom. The maximum absolute atomic E-state index is 12.3. The molecule has 0 bridgehead atoms. The molecular weight excluding hydrogens is 396 g/mol. The molecule has 4 aromatic rings. The molecule has 7 nitrogen and oxygen atoms in total. The molecule has 2 heterocycles. The third-order valence-electron chi connectivity index (χ3n) is 4.86. The Bertz CT molecular complexity index is 1160. The number of nitrogens with one attached hydrogen (secondary N) is 2. The van der Waals surface area contributed by atoms with E-state index in [1.165, 1.54) is 17.3 Å². The molecule has 0 atom stereocenters. The van der Waals surface area contributed by atoms with E-state index in [1.807, 2.05) is 35.8 Å². The summed E-state index contributed by atoms with van der Waals surface area (Å²) in [5.41, 5.74) is 5.31. The Balaban J connectivity index is 1.34. The minimum absolute atomic E-state index is 0.0377. The molecule has 0 unspecified atom stereocenters. The maximum atomic E-state index is 12.3. The smallest absolute Gasteiger partial charge is 0.230 e. The van der Waals surface area contributed by atoms with Gasteiger partial charge < -0.3 is 10.3 Å². The predicted octanol–water partition coefficient (Wildman–Crippen LogP) is 3.52. The first-order chi connectivity index (χ1) is 14.5. The number of aromatic nitrogens is 5. The Morgan fingerprint density at radius 3 is 2.80 bits per heavy atom. The van der Waals surface area contributed by atoms with Crippen molar-refractivity contribution >= 4 is 28.7 Å². The zero-order valence-electron chi connectivity index (χ0n) is 17.3. The normalized spacial score (nSPS) is 11.2. The van der Waals surface area contributed by atoms with Crippen molar-refractivity contribution in [2.75, 3.05) is 12.3 Å². The molecule has 30 heavy (non-hydrogen) atoms. The fraction of sp³-hybridized carbons (Fsp3) is 0.273. The number of aromatic amines is 1. The number of thioether (sulfide) groups is 1. The van der Waals surface area contributed by atoms with Gasteiger partial charge in [-0.2, -0.15) is 0 Å². The fourth-order valence-corrected chi connectivity index (χ4v) is 4.12. The highest BCUT2D eigenvalue weighted by Gasteiger charge is 2.15. The lowest BCUT2D eigenvalue weighted by Gasteiger charge is -2.12. The summed E-state index contributed by atoms with van der Waals surface area (Å²) in [6.45, 7) is 6.58. The number of H-pyrrole nitrogens is 1. The molecule has 4 rings (SSSR count). The highest BCUT2D eigenvalue weighted by atomic mass is 32.2. The largest absolute Gasteiger partial charge is 0.355 e. The number of carbonyl (C=O) groups is 1. The average molecular weight is 421 g/mol. The lowest BCUT2D eigenvalue weighted by molar-refractivity contribution is -0.118. The van der Waals surface area contributed by atoms with Crippen LogP contribution in [0.4, 0.5) is 0 Å². The molecule has 2 aromatic heterocycles. The third-order valence-corrected chi connectivity index (χ3v) is 5.78. The first kappa shape index (κ1) is 20.2. The second kappa shape index (κ2) is 8.71. The predicted molar refractivity (Wildman–Crippen MR) is 119 cm³/mol. The van der Waals surface area contributed by atoms with E-state index in [0.29, 0.717) is 18.1 Å². The Morgan fingerprint density at radius 1 is 1.13 bits per heavy atom. The van der Waals surface area contributed by atoms with E-state index in [0.717, 1.165) is 33.9 Å². The number of fused-ring (bicyclic) bond motifs is 1. The van der Waals surface area contributed by atoms with Crippen molar-refractivity contribution < 1.29 is 4.79 Å². The molecular formula is C22H24N6OS. The number of amides is 1. The van der Waals surface area contributed by atoms with Gasteiger partial charge in [-0.15, -0.1) is 10.2 Å². The average Bonchev–Trinajstić information content (AvgIpc) is 3.31. The van der Waals surface area contributed by atoms with E-state index in [-0.39, 0.29) is 11.7 Å². The van der Waals surface area contributed by atoms with Gasteiger partial charge in [0.2, 0.25) is 5.91 Å². The van der Waals surface area contributed by atoms with Crippen LogP contribution in [0.25, 0.3) is 16.7 Å². The molecule has 154 valence electrons. The van der Waals surface area contributed by atoms with Gasteiger partial charge in [0, 0.05) is 13.0 Å². The number of benzene rings is 2. The van der Waals surface area contributed by atoms with Gasteiger partial charge >= 0.3 is 0 Å². The Kier molecular flexibility index (Phi) is 5.85. The van der Waals surface area contributed by atoms with Gasteiger partial charge in [-0.25, -0.2) is 4.98 Å². The second-order valence-electron chi connectivity index (χ2n) is 7.24. The van der Waals surface area contributed by atoms with E-state index >= 15 is 0 Å². The Labute approximate surface area is 179 Å². The summed E-state index contributed by atoms with van der Waals surface area (Å²) >= 11 is 1.39. The highest BCUT2D eigenvalue weighted by molar-refractivity contribution is 7.99. The number of aryl methyl sites for hydroxylation is 3. The van der Waals surface area contributed by atoms with Gasteiger partial charge in [0.1, 0.15) is 11.6 Å². The fourth-order valence-electron chi connectivity index (χ4n) is 3.30. The van der Waals surface area contributed by atoms with E-state index in [2.05, 4.69) is 57.5 Å². The summed E-state index contributed by atoms with van der Waals surface area (Å²) in [6, 6.07) is 14.2. The molecule has 0 radical (unpaired) electrons. The van der Waals surface area contributed by atoms with Crippen LogP contribution in [-0.4, -0.2) is 42.9 Å². The molecule has 0 saturated heterocycles. The van der Waals surface area contributed by atoms with Gasteiger partial charge in [0.05, 0.1) is 22.5 Å². The second-order valence-corrected chi connectivity index (χ2v) is 8.19. The molecule has 1 amide bonds. The summed E-state index contributed by atoms with van der Waals surface area (Å²) in [5, 5.41) is 12.2. The first-order valence-electron chi connectivity index (χ1n) is 9.84. The number of hydrogen-bond donors (Lipinski definition) is 2. The summed E-state index contributed by atoms with van der Waals surface area (Å²) in [5.74, 6) is 1.92. The van der Waals surface area contributed by atoms with Crippen LogP contribution in [0.1, 0.15) is 22.8 Å². The lowest BCUT2D eigenvalue weighted by Crippen LogP contribution is -2.27. The van der Waals surface area contributed by atoms with Crippen LogP contribution in [0, 0.1) is 20.8 Å². The number of para-hydroxylation sites is 2. The standard InChI is InChI=1S/C22H24N6OS/c1-14-8-9-15(2)19(12-14)28-16(3)26-27-22(28)30-13-21(29)23-11-10-20-24-17-6-4-5-7-18(17)25-20/h4-9,12H,10-11,13H2,1-3H3,(H,23,29)(H,24,25). The topological polar surface area (TPSA) is 88.5 Å². The summed E-state index contributed by atoms with van der Waals surface area (Å²) in [6.07, 6.45) is 0.656. The van der Waals surface area contributed by atoms with Crippen LogP contribution in [0.2, 0.25) is 0 Å².